The standard InChI is InChI=1S/C26H28FN5OS.C2H2O4/c27-21-7-5-20(6-8-21)16-32-24-4-2-1-3-22(24)30-25(32)15-19-9-12-31(13-10-19)14-11-28-26(33)23-17-34-18-29-23;3-1(4)2(5)6/h1-8,17-19H,9-16H2,(H,28,33);(H,3,4)(H,5,6). The second kappa shape index (κ2) is 13.8. The molecular formula is C28H30FN5O5S. The van der Waals surface area contributed by atoms with Crippen LogP contribution in [0, 0.1) is 11.7 Å². The van der Waals surface area contributed by atoms with E-state index in [0.717, 1.165) is 61.3 Å². The van der Waals surface area contributed by atoms with Gasteiger partial charge in [0.05, 0.1) is 16.5 Å². The van der Waals surface area contributed by atoms with Crippen molar-refractivity contribution in [2.24, 2.45) is 5.92 Å². The van der Waals surface area contributed by atoms with Crippen LogP contribution in [0.25, 0.3) is 11.0 Å². The van der Waals surface area contributed by atoms with Gasteiger partial charge in [0.15, 0.2) is 0 Å². The number of carbonyl (C=O) groups excluding carboxylic acids is 1. The van der Waals surface area contributed by atoms with E-state index in [2.05, 4.69) is 31.9 Å². The molecule has 0 atom stereocenters. The molecule has 0 radical (unpaired) electrons. The van der Waals surface area contributed by atoms with E-state index in [4.69, 9.17) is 24.8 Å². The van der Waals surface area contributed by atoms with Crippen LogP contribution in [-0.2, 0) is 22.6 Å². The Morgan fingerprint density at radius 3 is 2.38 bits per heavy atom. The summed E-state index contributed by atoms with van der Waals surface area (Å²) in [5.74, 6) is -2.29. The fourth-order valence-corrected chi connectivity index (χ4v) is 5.18. The number of para-hydroxylation sites is 2. The minimum absolute atomic E-state index is 0.101. The van der Waals surface area contributed by atoms with Crippen molar-refractivity contribution in [1.29, 1.82) is 0 Å². The van der Waals surface area contributed by atoms with Gasteiger partial charge in [0.2, 0.25) is 0 Å². The molecule has 0 spiro atoms. The van der Waals surface area contributed by atoms with E-state index < -0.39 is 11.9 Å². The van der Waals surface area contributed by atoms with Gasteiger partial charge in [-0.05, 0) is 61.7 Å². The number of likely N-dealkylation sites (tertiary alicyclic amines) is 1. The van der Waals surface area contributed by atoms with E-state index in [1.807, 2.05) is 24.3 Å². The second-order valence-corrected chi connectivity index (χ2v) is 10.2. The molecule has 2 aromatic heterocycles. The summed E-state index contributed by atoms with van der Waals surface area (Å²) in [6.07, 6.45) is 3.16. The Hall–Kier alpha value is -4.16. The van der Waals surface area contributed by atoms with E-state index in [1.165, 1.54) is 23.5 Å². The first-order chi connectivity index (χ1) is 19.3. The van der Waals surface area contributed by atoms with Crippen molar-refractivity contribution in [2.75, 3.05) is 26.2 Å². The molecule has 0 unspecified atom stereocenters. The molecule has 0 bridgehead atoms. The lowest BCUT2D eigenvalue weighted by atomic mass is 9.93. The van der Waals surface area contributed by atoms with Gasteiger partial charge in [-0.1, -0.05) is 24.3 Å². The number of amides is 1. The van der Waals surface area contributed by atoms with Crippen LogP contribution in [0.1, 0.15) is 34.7 Å². The molecule has 12 heteroatoms. The van der Waals surface area contributed by atoms with Crippen LogP contribution in [0.2, 0.25) is 0 Å². The maximum atomic E-state index is 13.4. The van der Waals surface area contributed by atoms with Gasteiger partial charge in [-0.2, -0.15) is 0 Å². The van der Waals surface area contributed by atoms with Gasteiger partial charge in [-0.3, -0.25) is 4.79 Å². The van der Waals surface area contributed by atoms with Gasteiger partial charge >= 0.3 is 11.9 Å². The summed E-state index contributed by atoms with van der Waals surface area (Å²) < 4.78 is 15.7. The molecule has 1 aliphatic heterocycles. The Bertz CT molecular complexity index is 1420. The van der Waals surface area contributed by atoms with Gasteiger partial charge in [0.1, 0.15) is 17.3 Å². The predicted octanol–water partition coefficient (Wildman–Crippen LogP) is 3.52. The summed E-state index contributed by atoms with van der Waals surface area (Å²) >= 11 is 1.43. The van der Waals surface area contributed by atoms with E-state index in [0.29, 0.717) is 24.7 Å². The van der Waals surface area contributed by atoms with Gasteiger partial charge in [0, 0.05) is 31.4 Å². The molecule has 1 amide bonds. The molecule has 40 heavy (non-hydrogen) atoms. The number of aliphatic carboxylic acids is 2. The fraction of sp³-hybridized carbons (Fsp3) is 0.321. The number of piperidine rings is 1. The molecule has 3 heterocycles. The van der Waals surface area contributed by atoms with Crippen molar-refractivity contribution in [3.63, 3.8) is 0 Å². The topological polar surface area (TPSA) is 138 Å². The maximum absolute atomic E-state index is 13.4. The van der Waals surface area contributed by atoms with Crippen molar-refractivity contribution in [1.82, 2.24) is 24.8 Å². The smallest absolute Gasteiger partial charge is 0.414 e. The Balaban J connectivity index is 0.000000557. The molecule has 0 saturated carbocycles. The normalized spacial score (nSPS) is 13.9. The number of carbonyl (C=O) groups is 3. The highest BCUT2D eigenvalue weighted by molar-refractivity contribution is 7.07. The molecule has 10 nitrogen and oxygen atoms in total. The lowest BCUT2D eigenvalue weighted by Crippen LogP contribution is -2.40. The third-order valence-electron chi connectivity index (χ3n) is 6.73. The molecular weight excluding hydrogens is 537 g/mol. The Kier molecular flexibility index (Phi) is 9.92. The lowest BCUT2D eigenvalue weighted by molar-refractivity contribution is -0.159. The van der Waals surface area contributed by atoms with E-state index in [9.17, 15) is 9.18 Å². The van der Waals surface area contributed by atoms with E-state index in [1.54, 1.807) is 10.9 Å². The number of imidazole rings is 1. The summed E-state index contributed by atoms with van der Waals surface area (Å²) in [5, 5.41) is 19.5. The number of benzene rings is 2. The molecule has 1 aliphatic rings. The summed E-state index contributed by atoms with van der Waals surface area (Å²) in [7, 11) is 0. The highest BCUT2D eigenvalue weighted by atomic mass is 32.1. The largest absolute Gasteiger partial charge is 0.473 e. The van der Waals surface area contributed by atoms with Crippen molar-refractivity contribution in [3.8, 4) is 0 Å². The Morgan fingerprint density at radius 2 is 1.73 bits per heavy atom. The number of fused-ring (bicyclic) bond motifs is 1. The molecule has 210 valence electrons. The highest BCUT2D eigenvalue weighted by Gasteiger charge is 2.22. The predicted molar refractivity (Wildman–Crippen MR) is 148 cm³/mol. The Morgan fingerprint density at radius 1 is 1.02 bits per heavy atom. The summed E-state index contributed by atoms with van der Waals surface area (Å²) in [5.41, 5.74) is 5.36. The number of aromatic nitrogens is 3. The van der Waals surface area contributed by atoms with Crippen molar-refractivity contribution < 1.29 is 29.0 Å². The number of hydrogen-bond acceptors (Lipinski definition) is 7. The van der Waals surface area contributed by atoms with Crippen LogP contribution in [0.5, 0.6) is 0 Å². The van der Waals surface area contributed by atoms with Crippen LogP contribution in [-0.4, -0.2) is 73.7 Å². The summed E-state index contributed by atoms with van der Waals surface area (Å²) in [6.45, 7) is 4.22. The van der Waals surface area contributed by atoms with Crippen LogP contribution in [0.15, 0.2) is 59.4 Å². The number of carboxylic acids is 2. The van der Waals surface area contributed by atoms with Gasteiger partial charge in [-0.15, -0.1) is 11.3 Å². The highest BCUT2D eigenvalue weighted by Crippen LogP contribution is 2.25. The van der Waals surface area contributed by atoms with E-state index in [-0.39, 0.29) is 11.7 Å². The van der Waals surface area contributed by atoms with Crippen LogP contribution < -0.4 is 5.32 Å². The SMILES string of the molecule is O=C(NCCN1CCC(Cc2nc3ccccc3n2Cc2ccc(F)cc2)CC1)c1cscn1.O=C(O)C(=O)O. The zero-order chi connectivity index (χ0) is 28.5. The fourth-order valence-electron chi connectivity index (χ4n) is 4.65. The van der Waals surface area contributed by atoms with Gasteiger partial charge in [0.25, 0.3) is 5.91 Å². The Labute approximate surface area is 234 Å². The van der Waals surface area contributed by atoms with E-state index >= 15 is 0 Å². The minimum Gasteiger partial charge on any atom is -0.473 e. The minimum atomic E-state index is -1.82. The molecule has 1 saturated heterocycles. The first-order valence-corrected chi connectivity index (χ1v) is 13.8. The second-order valence-electron chi connectivity index (χ2n) is 9.46. The van der Waals surface area contributed by atoms with Crippen LogP contribution >= 0.6 is 11.3 Å². The van der Waals surface area contributed by atoms with Gasteiger partial charge < -0.3 is 25.0 Å². The van der Waals surface area contributed by atoms with Crippen LogP contribution in [0.4, 0.5) is 4.39 Å². The number of nitrogens with zero attached hydrogens (tertiary/aromatic N) is 4. The first kappa shape index (κ1) is 28.8. The summed E-state index contributed by atoms with van der Waals surface area (Å²) in [4.78, 5) is 41.7. The van der Waals surface area contributed by atoms with Crippen molar-refractivity contribution in [2.45, 2.75) is 25.8 Å². The quantitative estimate of drug-likeness (QED) is 0.275. The zero-order valence-corrected chi connectivity index (χ0v) is 22.5. The van der Waals surface area contributed by atoms with Gasteiger partial charge in [-0.25, -0.2) is 23.9 Å². The average Bonchev–Trinajstić information content (AvgIpc) is 3.60. The van der Waals surface area contributed by atoms with Crippen molar-refractivity contribution >= 4 is 40.2 Å². The molecule has 1 fully saturated rings. The summed E-state index contributed by atoms with van der Waals surface area (Å²) in [6, 6.07) is 15.0. The monoisotopic (exact) mass is 567 g/mol. The molecule has 3 N–H and O–H groups in total. The number of carboxylic acid groups (broad SMARTS) is 2. The number of rotatable bonds is 8. The molecule has 4 aromatic rings. The lowest BCUT2D eigenvalue weighted by Gasteiger charge is -2.31. The zero-order valence-electron chi connectivity index (χ0n) is 21.7. The van der Waals surface area contributed by atoms with Crippen molar-refractivity contribution in [3.05, 3.63) is 82.3 Å². The number of nitrogens with one attached hydrogen (secondary N) is 1. The number of thiazole rings is 1. The number of hydrogen-bond donors (Lipinski definition) is 3. The average molecular weight is 568 g/mol. The first-order valence-electron chi connectivity index (χ1n) is 12.8. The third kappa shape index (κ3) is 7.93. The third-order valence-corrected chi connectivity index (χ3v) is 7.31. The molecule has 5 rings (SSSR count). The van der Waals surface area contributed by atoms with Crippen LogP contribution in [0.3, 0.4) is 0 Å². The maximum Gasteiger partial charge on any atom is 0.414 e. The number of halogens is 1. The molecule has 0 aliphatic carbocycles. The molecule has 2 aromatic carbocycles.